The number of anilines is 1. The highest BCUT2D eigenvalue weighted by Crippen LogP contribution is 2.42. The Hall–Kier alpha value is -3.57. The first kappa shape index (κ1) is 23.2. The van der Waals surface area contributed by atoms with Crippen molar-refractivity contribution in [1.29, 1.82) is 0 Å². The van der Waals surface area contributed by atoms with Gasteiger partial charge in [0.15, 0.2) is 0 Å². The molecule has 0 aliphatic carbocycles. The van der Waals surface area contributed by atoms with Crippen LogP contribution >= 0.6 is 0 Å². The van der Waals surface area contributed by atoms with E-state index in [1.807, 2.05) is 18.2 Å². The fourth-order valence-corrected chi connectivity index (χ4v) is 5.06. The van der Waals surface area contributed by atoms with E-state index in [0.717, 1.165) is 77.9 Å². The molecule has 1 aliphatic heterocycles. The number of nitrogens with one attached hydrogen (secondary N) is 2. The summed E-state index contributed by atoms with van der Waals surface area (Å²) in [4.78, 5) is 16.0. The second-order valence-electron chi connectivity index (χ2n) is 9.11. The lowest BCUT2D eigenvalue weighted by atomic mass is 9.90. The van der Waals surface area contributed by atoms with Crippen molar-refractivity contribution in [3.63, 3.8) is 0 Å². The van der Waals surface area contributed by atoms with E-state index in [9.17, 15) is 4.79 Å². The second kappa shape index (κ2) is 10.4. The van der Waals surface area contributed by atoms with Crippen LogP contribution < -0.4 is 20.3 Å². The summed E-state index contributed by atoms with van der Waals surface area (Å²) in [6.45, 7) is 6.35. The van der Waals surface area contributed by atoms with Gasteiger partial charge in [-0.3, -0.25) is 4.79 Å². The molecule has 1 saturated heterocycles. The van der Waals surface area contributed by atoms with Gasteiger partial charge in [0, 0.05) is 43.7 Å². The average Bonchev–Trinajstić information content (AvgIpc) is 2.91. The van der Waals surface area contributed by atoms with E-state index in [2.05, 4.69) is 71.0 Å². The highest BCUT2D eigenvalue weighted by Gasteiger charge is 2.24. The number of carbonyl (C=O) groups excluding carboxylic acids is 1. The van der Waals surface area contributed by atoms with Gasteiger partial charge in [0.25, 0.3) is 5.91 Å². The van der Waals surface area contributed by atoms with E-state index in [1.54, 1.807) is 7.11 Å². The fourth-order valence-electron chi connectivity index (χ4n) is 5.06. The lowest BCUT2D eigenvalue weighted by Gasteiger charge is -2.33. The summed E-state index contributed by atoms with van der Waals surface area (Å²) in [5, 5.41) is 11.2. The Bertz CT molecular complexity index is 1360. The molecule has 35 heavy (non-hydrogen) atoms. The topological polar surface area (TPSA) is 53.6 Å². The van der Waals surface area contributed by atoms with Gasteiger partial charge in [-0.1, -0.05) is 55.8 Å². The minimum absolute atomic E-state index is 0.0156. The minimum atomic E-state index is -0.0156. The van der Waals surface area contributed by atoms with E-state index >= 15 is 0 Å². The number of hydrogen-bond acceptors (Lipinski definition) is 4. The summed E-state index contributed by atoms with van der Waals surface area (Å²) >= 11 is 0. The zero-order valence-electron chi connectivity index (χ0n) is 20.6. The normalized spacial score (nSPS) is 13.8. The summed E-state index contributed by atoms with van der Waals surface area (Å²) in [5.41, 5.74) is 3.76. The van der Waals surface area contributed by atoms with Gasteiger partial charge in [-0.25, -0.2) is 0 Å². The smallest absolute Gasteiger partial charge is 0.253 e. The maximum atomic E-state index is 13.6. The molecule has 5 nitrogen and oxygen atoms in total. The van der Waals surface area contributed by atoms with Crippen LogP contribution in [0.25, 0.3) is 32.7 Å². The lowest BCUT2D eigenvalue weighted by Crippen LogP contribution is -2.44. The standard InChI is InChI=1S/C30H33N3O2/c1-3-4-13-32-30(34)27-20-25(23-11-7-8-12-28(23)35-2)24-18-21-9-5-6-10-22(21)19-26(24)29(27)33-16-14-31-15-17-33/h5-12,18-20,31H,3-4,13-17H2,1-2H3,(H,32,34). The van der Waals surface area contributed by atoms with Gasteiger partial charge in [0.05, 0.1) is 18.4 Å². The van der Waals surface area contributed by atoms with Crippen molar-refractivity contribution in [3.05, 3.63) is 72.3 Å². The molecular weight excluding hydrogens is 434 g/mol. The Kier molecular flexibility index (Phi) is 6.87. The van der Waals surface area contributed by atoms with Crippen molar-refractivity contribution in [2.24, 2.45) is 0 Å². The number of carbonyl (C=O) groups is 1. The maximum absolute atomic E-state index is 13.6. The fraction of sp³-hybridized carbons (Fsp3) is 0.300. The first-order valence-electron chi connectivity index (χ1n) is 12.6. The molecule has 0 aromatic heterocycles. The van der Waals surface area contributed by atoms with Crippen LogP contribution in [0.15, 0.2) is 66.7 Å². The molecular formula is C30H33N3O2. The van der Waals surface area contributed by atoms with Crippen molar-refractivity contribution in [2.45, 2.75) is 19.8 Å². The van der Waals surface area contributed by atoms with Crippen molar-refractivity contribution in [3.8, 4) is 16.9 Å². The second-order valence-corrected chi connectivity index (χ2v) is 9.11. The third kappa shape index (κ3) is 4.56. The van der Waals surface area contributed by atoms with E-state index in [-0.39, 0.29) is 5.91 Å². The molecule has 4 aromatic carbocycles. The van der Waals surface area contributed by atoms with Gasteiger partial charge in [-0.15, -0.1) is 0 Å². The molecule has 180 valence electrons. The summed E-state index contributed by atoms with van der Waals surface area (Å²) in [6.07, 6.45) is 2.01. The van der Waals surface area contributed by atoms with Crippen LogP contribution in [-0.2, 0) is 0 Å². The van der Waals surface area contributed by atoms with Gasteiger partial charge >= 0.3 is 0 Å². The van der Waals surface area contributed by atoms with Crippen LogP contribution in [-0.4, -0.2) is 45.7 Å². The summed E-state index contributed by atoms with van der Waals surface area (Å²) < 4.78 is 5.74. The van der Waals surface area contributed by atoms with E-state index in [4.69, 9.17) is 4.74 Å². The number of methoxy groups -OCH3 is 1. The largest absolute Gasteiger partial charge is 0.496 e. The predicted molar refractivity (Wildman–Crippen MR) is 146 cm³/mol. The monoisotopic (exact) mass is 467 g/mol. The zero-order chi connectivity index (χ0) is 24.2. The Labute approximate surface area is 207 Å². The number of amides is 1. The number of piperazine rings is 1. The number of rotatable bonds is 7. The molecule has 1 heterocycles. The van der Waals surface area contributed by atoms with E-state index in [1.165, 1.54) is 10.8 Å². The molecule has 1 amide bonds. The van der Waals surface area contributed by atoms with Gasteiger partial charge in [0.2, 0.25) is 0 Å². The van der Waals surface area contributed by atoms with Crippen molar-refractivity contribution in [1.82, 2.24) is 10.6 Å². The molecule has 1 fully saturated rings. The Balaban J connectivity index is 1.83. The first-order chi connectivity index (χ1) is 17.2. The Morgan fingerprint density at radius 1 is 0.943 bits per heavy atom. The summed E-state index contributed by atoms with van der Waals surface area (Å²) in [5.74, 6) is 0.785. The highest BCUT2D eigenvalue weighted by molar-refractivity contribution is 6.17. The number of fused-ring (bicyclic) bond motifs is 2. The van der Waals surface area contributed by atoms with Crippen LogP contribution in [0.2, 0.25) is 0 Å². The number of ether oxygens (including phenoxy) is 1. The molecule has 0 spiro atoms. The lowest BCUT2D eigenvalue weighted by molar-refractivity contribution is 0.0953. The molecule has 0 bridgehead atoms. The summed E-state index contributed by atoms with van der Waals surface area (Å²) in [6, 6.07) is 23.1. The molecule has 5 rings (SSSR count). The third-order valence-electron chi connectivity index (χ3n) is 6.87. The van der Waals surface area contributed by atoms with Gasteiger partial charge in [0.1, 0.15) is 5.75 Å². The first-order valence-corrected chi connectivity index (χ1v) is 12.6. The maximum Gasteiger partial charge on any atom is 0.253 e. The van der Waals surface area contributed by atoms with Crippen molar-refractivity contribution < 1.29 is 9.53 Å². The van der Waals surface area contributed by atoms with Gasteiger partial charge < -0.3 is 20.3 Å². The molecule has 4 aromatic rings. The number of benzene rings is 4. The molecule has 0 atom stereocenters. The summed E-state index contributed by atoms with van der Waals surface area (Å²) in [7, 11) is 1.70. The van der Waals surface area contributed by atoms with Crippen LogP contribution in [0.4, 0.5) is 5.69 Å². The minimum Gasteiger partial charge on any atom is -0.496 e. The van der Waals surface area contributed by atoms with Gasteiger partial charge in [-0.2, -0.15) is 0 Å². The quantitative estimate of drug-likeness (QED) is 0.274. The number of nitrogens with zero attached hydrogens (tertiary/aromatic N) is 1. The number of para-hydroxylation sites is 1. The van der Waals surface area contributed by atoms with E-state index < -0.39 is 0 Å². The van der Waals surface area contributed by atoms with Crippen molar-refractivity contribution >= 4 is 33.1 Å². The third-order valence-corrected chi connectivity index (χ3v) is 6.87. The van der Waals surface area contributed by atoms with Crippen LogP contribution in [0, 0.1) is 0 Å². The van der Waals surface area contributed by atoms with Gasteiger partial charge in [-0.05, 0) is 52.4 Å². The molecule has 0 unspecified atom stereocenters. The predicted octanol–water partition coefficient (Wildman–Crippen LogP) is 5.61. The number of unbranched alkanes of at least 4 members (excludes halogenated alkanes) is 1. The molecule has 0 saturated carbocycles. The molecule has 0 radical (unpaired) electrons. The highest BCUT2D eigenvalue weighted by atomic mass is 16.5. The van der Waals surface area contributed by atoms with Crippen LogP contribution in [0.1, 0.15) is 30.1 Å². The number of hydrogen-bond donors (Lipinski definition) is 2. The average molecular weight is 468 g/mol. The van der Waals surface area contributed by atoms with E-state index in [0.29, 0.717) is 6.54 Å². The molecule has 5 heteroatoms. The van der Waals surface area contributed by atoms with Crippen molar-refractivity contribution in [2.75, 3.05) is 44.7 Å². The zero-order valence-corrected chi connectivity index (χ0v) is 20.6. The molecule has 2 N–H and O–H groups in total. The Morgan fingerprint density at radius 2 is 1.63 bits per heavy atom. The Morgan fingerprint density at radius 3 is 2.34 bits per heavy atom. The SMILES string of the molecule is CCCCNC(=O)c1cc(-c2ccccc2OC)c2cc3ccccc3cc2c1N1CCNCC1. The van der Waals surface area contributed by atoms with Crippen LogP contribution in [0.5, 0.6) is 5.75 Å². The van der Waals surface area contributed by atoms with Crippen LogP contribution in [0.3, 0.4) is 0 Å². The molecule has 1 aliphatic rings.